The molecule has 1 heterocycles. The van der Waals surface area contributed by atoms with Gasteiger partial charge in [0.2, 0.25) is 5.91 Å². The molecule has 0 spiro atoms. The van der Waals surface area contributed by atoms with Crippen LogP contribution >= 0.6 is 0 Å². The summed E-state index contributed by atoms with van der Waals surface area (Å²) in [5, 5.41) is 18.6. The highest BCUT2D eigenvalue weighted by Gasteiger charge is 2.45. The largest absolute Gasteiger partial charge is 0.394 e. The standard InChI is InChI=1S/C13H20N2O2/c14-10-13(6-2-1-3-7-13)12(17)15-8-4-5-11(15)9-16/h11,16H,1-9H2/t11-/m1/s1. The Labute approximate surface area is 102 Å². The van der Waals surface area contributed by atoms with Crippen LogP contribution in [0.25, 0.3) is 0 Å². The van der Waals surface area contributed by atoms with E-state index < -0.39 is 5.41 Å². The Morgan fingerprint density at radius 1 is 1.35 bits per heavy atom. The average molecular weight is 236 g/mol. The number of amides is 1. The van der Waals surface area contributed by atoms with Crippen LogP contribution in [-0.2, 0) is 4.79 Å². The first-order chi connectivity index (χ1) is 8.23. The van der Waals surface area contributed by atoms with Crippen LogP contribution in [0.15, 0.2) is 0 Å². The summed E-state index contributed by atoms with van der Waals surface area (Å²) < 4.78 is 0. The van der Waals surface area contributed by atoms with E-state index in [0.717, 1.165) is 32.1 Å². The van der Waals surface area contributed by atoms with E-state index in [4.69, 9.17) is 0 Å². The van der Waals surface area contributed by atoms with Crippen molar-refractivity contribution in [1.29, 1.82) is 5.26 Å². The molecule has 1 atom stereocenters. The smallest absolute Gasteiger partial charge is 0.243 e. The summed E-state index contributed by atoms with van der Waals surface area (Å²) in [7, 11) is 0. The summed E-state index contributed by atoms with van der Waals surface area (Å²) >= 11 is 0. The minimum absolute atomic E-state index is 0.0211. The number of nitriles is 1. The van der Waals surface area contributed by atoms with Crippen LogP contribution in [0.5, 0.6) is 0 Å². The van der Waals surface area contributed by atoms with E-state index in [9.17, 15) is 15.2 Å². The van der Waals surface area contributed by atoms with Crippen molar-refractivity contribution >= 4 is 5.91 Å². The van der Waals surface area contributed by atoms with Crippen LogP contribution < -0.4 is 0 Å². The van der Waals surface area contributed by atoms with Gasteiger partial charge in [-0.2, -0.15) is 5.26 Å². The molecular weight excluding hydrogens is 216 g/mol. The summed E-state index contributed by atoms with van der Waals surface area (Å²) in [6, 6.07) is 2.21. The van der Waals surface area contributed by atoms with Gasteiger partial charge in [-0.15, -0.1) is 0 Å². The van der Waals surface area contributed by atoms with Gasteiger partial charge in [-0.05, 0) is 25.7 Å². The molecule has 4 nitrogen and oxygen atoms in total. The first-order valence-electron chi connectivity index (χ1n) is 6.57. The van der Waals surface area contributed by atoms with Gasteiger partial charge in [0.25, 0.3) is 0 Å². The Bertz CT molecular complexity index is 329. The third-order valence-electron chi connectivity index (χ3n) is 4.18. The van der Waals surface area contributed by atoms with E-state index in [-0.39, 0.29) is 18.6 Å². The summed E-state index contributed by atoms with van der Waals surface area (Å²) in [5.41, 5.74) is -0.796. The lowest BCUT2D eigenvalue weighted by Gasteiger charge is -2.35. The number of nitrogens with zero attached hydrogens (tertiary/aromatic N) is 2. The molecule has 4 heteroatoms. The molecule has 1 saturated heterocycles. The number of aliphatic hydroxyl groups excluding tert-OH is 1. The van der Waals surface area contributed by atoms with Crippen molar-refractivity contribution in [2.24, 2.45) is 5.41 Å². The fourth-order valence-corrected chi connectivity index (χ4v) is 3.10. The molecule has 0 bridgehead atoms. The van der Waals surface area contributed by atoms with E-state index in [1.807, 2.05) is 0 Å². The maximum atomic E-state index is 12.5. The summed E-state index contributed by atoms with van der Waals surface area (Å²) in [6.45, 7) is 0.723. The molecule has 1 saturated carbocycles. The maximum absolute atomic E-state index is 12.5. The second-order valence-electron chi connectivity index (χ2n) is 5.23. The number of carbonyl (C=O) groups excluding carboxylic acids is 1. The highest BCUT2D eigenvalue weighted by Crippen LogP contribution is 2.38. The van der Waals surface area contributed by atoms with Crippen molar-refractivity contribution in [1.82, 2.24) is 4.90 Å². The number of carbonyl (C=O) groups is 1. The minimum Gasteiger partial charge on any atom is -0.394 e. The van der Waals surface area contributed by atoms with Crippen molar-refractivity contribution < 1.29 is 9.90 Å². The number of hydrogen-bond acceptors (Lipinski definition) is 3. The molecule has 2 fully saturated rings. The topological polar surface area (TPSA) is 64.3 Å². The fourth-order valence-electron chi connectivity index (χ4n) is 3.10. The van der Waals surface area contributed by atoms with Gasteiger partial charge in [-0.1, -0.05) is 19.3 Å². The van der Waals surface area contributed by atoms with E-state index >= 15 is 0 Å². The van der Waals surface area contributed by atoms with Crippen molar-refractivity contribution in [2.75, 3.05) is 13.2 Å². The lowest BCUT2D eigenvalue weighted by molar-refractivity contribution is -0.142. The van der Waals surface area contributed by atoms with Gasteiger partial charge in [0.1, 0.15) is 5.41 Å². The summed E-state index contributed by atoms with van der Waals surface area (Å²) in [5.74, 6) is -0.0312. The van der Waals surface area contributed by atoms with Gasteiger partial charge in [0, 0.05) is 6.54 Å². The maximum Gasteiger partial charge on any atom is 0.243 e. The lowest BCUT2D eigenvalue weighted by atomic mass is 9.74. The number of aliphatic hydroxyl groups is 1. The average Bonchev–Trinajstić information content (AvgIpc) is 2.86. The Morgan fingerprint density at radius 3 is 2.65 bits per heavy atom. The van der Waals surface area contributed by atoms with E-state index in [1.165, 1.54) is 0 Å². The molecule has 0 aromatic carbocycles. The fraction of sp³-hybridized carbons (Fsp3) is 0.846. The van der Waals surface area contributed by atoms with Gasteiger partial charge in [0.05, 0.1) is 18.7 Å². The zero-order chi connectivity index (χ0) is 12.3. The second kappa shape index (κ2) is 5.05. The number of hydrogen-bond donors (Lipinski definition) is 1. The van der Waals surface area contributed by atoms with Crippen molar-refractivity contribution in [2.45, 2.75) is 51.0 Å². The molecular formula is C13H20N2O2. The first-order valence-corrected chi connectivity index (χ1v) is 6.57. The Hall–Kier alpha value is -1.08. The van der Waals surface area contributed by atoms with Crippen molar-refractivity contribution in [3.63, 3.8) is 0 Å². The van der Waals surface area contributed by atoms with E-state index in [1.54, 1.807) is 4.90 Å². The molecule has 0 radical (unpaired) electrons. The van der Waals surface area contributed by atoms with Crippen LogP contribution in [0.4, 0.5) is 0 Å². The van der Waals surface area contributed by atoms with Gasteiger partial charge in [0.15, 0.2) is 0 Å². The van der Waals surface area contributed by atoms with Gasteiger partial charge >= 0.3 is 0 Å². The summed E-state index contributed by atoms with van der Waals surface area (Å²) in [6.07, 6.45) is 6.25. The van der Waals surface area contributed by atoms with Crippen LogP contribution in [0.1, 0.15) is 44.9 Å². The van der Waals surface area contributed by atoms with Crippen molar-refractivity contribution in [3.8, 4) is 6.07 Å². The van der Waals surface area contributed by atoms with Crippen LogP contribution in [0, 0.1) is 16.7 Å². The predicted molar refractivity (Wildman–Crippen MR) is 63.0 cm³/mol. The molecule has 0 unspecified atom stereocenters. The molecule has 0 aromatic heterocycles. The Morgan fingerprint density at radius 2 is 2.06 bits per heavy atom. The number of rotatable bonds is 2. The summed E-state index contributed by atoms with van der Waals surface area (Å²) in [4.78, 5) is 14.3. The van der Waals surface area contributed by atoms with Gasteiger partial charge in [-0.25, -0.2) is 0 Å². The Kier molecular flexibility index (Phi) is 3.68. The molecule has 1 amide bonds. The zero-order valence-electron chi connectivity index (χ0n) is 10.2. The highest BCUT2D eigenvalue weighted by molar-refractivity contribution is 5.86. The molecule has 2 rings (SSSR count). The molecule has 0 aromatic rings. The molecule has 1 aliphatic carbocycles. The van der Waals surface area contributed by atoms with E-state index in [0.29, 0.717) is 19.4 Å². The predicted octanol–water partition coefficient (Wildman–Crippen LogP) is 1.44. The quantitative estimate of drug-likeness (QED) is 0.789. The monoisotopic (exact) mass is 236 g/mol. The molecule has 1 N–H and O–H groups in total. The Balaban J connectivity index is 2.14. The first kappa shape index (κ1) is 12.4. The number of likely N-dealkylation sites (tertiary alicyclic amines) is 1. The minimum atomic E-state index is -0.796. The molecule has 1 aliphatic heterocycles. The third kappa shape index (κ3) is 2.16. The SMILES string of the molecule is N#CC1(C(=O)N2CCC[C@@H]2CO)CCCCC1. The van der Waals surface area contributed by atoms with Gasteiger partial charge < -0.3 is 10.0 Å². The normalized spacial score (nSPS) is 27.8. The molecule has 2 aliphatic rings. The second-order valence-corrected chi connectivity index (χ2v) is 5.23. The highest BCUT2D eigenvalue weighted by atomic mass is 16.3. The van der Waals surface area contributed by atoms with E-state index in [2.05, 4.69) is 6.07 Å². The van der Waals surface area contributed by atoms with Crippen LogP contribution in [0.2, 0.25) is 0 Å². The van der Waals surface area contributed by atoms with Crippen molar-refractivity contribution in [3.05, 3.63) is 0 Å². The van der Waals surface area contributed by atoms with Gasteiger partial charge in [-0.3, -0.25) is 4.79 Å². The van der Waals surface area contributed by atoms with Crippen LogP contribution in [-0.4, -0.2) is 35.1 Å². The third-order valence-corrected chi connectivity index (χ3v) is 4.18. The lowest BCUT2D eigenvalue weighted by Crippen LogP contribution is -2.47. The van der Waals surface area contributed by atoms with Crippen LogP contribution in [0.3, 0.4) is 0 Å². The molecule has 17 heavy (non-hydrogen) atoms. The molecule has 94 valence electrons. The zero-order valence-corrected chi connectivity index (χ0v) is 10.2.